The highest BCUT2D eigenvalue weighted by Crippen LogP contribution is 2.34. The molecule has 2 aromatic heterocycles. The van der Waals surface area contributed by atoms with Crippen molar-refractivity contribution in [2.24, 2.45) is 0 Å². The zero-order valence-electron chi connectivity index (χ0n) is 22.0. The van der Waals surface area contributed by atoms with Gasteiger partial charge >= 0.3 is 0 Å². The van der Waals surface area contributed by atoms with Gasteiger partial charge in [-0.2, -0.15) is 0 Å². The lowest BCUT2D eigenvalue weighted by Gasteiger charge is -2.39. The first-order valence-corrected chi connectivity index (χ1v) is 14.0. The second-order valence-corrected chi connectivity index (χ2v) is 11.2. The predicted molar refractivity (Wildman–Crippen MR) is 150 cm³/mol. The number of hydrogen-bond acceptors (Lipinski definition) is 6. The molecule has 1 aliphatic heterocycles. The summed E-state index contributed by atoms with van der Waals surface area (Å²) in [5, 5.41) is 14.9. The fourth-order valence-corrected chi connectivity index (χ4v) is 6.44. The lowest BCUT2D eigenvalue weighted by atomic mass is 10.00. The molecule has 9 heteroatoms. The molecule has 8 nitrogen and oxygen atoms in total. The molecule has 4 aromatic rings. The van der Waals surface area contributed by atoms with E-state index in [9.17, 15) is 4.79 Å². The van der Waals surface area contributed by atoms with E-state index < -0.39 is 0 Å². The first-order chi connectivity index (χ1) is 18.5. The van der Waals surface area contributed by atoms with Gasteiger partial charge < -0.3 is 4.98 Å². The molecule has 6 rings (SSSR count). The Bertz CT molecular complexity index is 1500. The number of nitrogens with zero attached hydrogens (tertiary/aromatic N) is 6. The zero-order chi connectivity index (χ0) is 26.2. The fraction of sp³-hybridized carbons (Fsp3) is 0.448. The lowest BCUT2D eigenvalue weighted by Crippen LogP contribution is -2.48. The molecular formula is C29H34ClN7O. The monoisotopic (exact) mass is 531 g/mol. The number of tetrazole rings is 1. The van der Waals surface area contributed by atoms with Gasteiger partial charge in [0, 0.05) is 43.3 Å². The quantitative estimate of drug-likeness (QED) is 0.384. The number of halogens is 1. The third kappa shape index (κ3) is 4.88. The van der Waals surface area contributed by atoms with Crippen LogP contribution in [-0.4, -0.2) is 61.2 Å². The van der Waals surface area contributed by atoms with Crippen LogP contribution >= 0.6 is 11.6 Å². The van der Waals surface area contributed by atoms with Gasteiger partial charge in [0.15, 0.2) is 5.82 Å². The maximum atomic E-state index is 13.6. The molecule has 1 saturated carbocycles. The number of pyridine rings is 1. The average molecular weight is 532 g/mol. The Morgan fingerprint density at radius 1 is 1.05 bits per heavy atom. The molecule has 2 aromatic carbocycles. The Balaban J connectivity index is 1.36. The SMILES string of the molecule is Cc1cc(C)c2[nH]c(=O)c(C(c3nnnn3C3CCCC3)N3CCN(Cc4ccccc4Cl)CC3)cc2c1. The predicted octanol–water partition coefficient (Wildman–Crippen LogP) is 4.81. The normalized spacial score (nSPS) is 18.4. The number of H-pyrrole nitrogens is 1. The summed E-state index contributed by atoms with van der Waals surface area (Å²) in [7, 11) is 0. The molecule has 2 aliphatic rings. The minimum Gasteiger partial charge on any atom is -0.321 e. The molecular weight excluding hydrogens is 498 g/mol. The van der Waals surface area contributed by atoms with Crippen molar-refractivity contribution in [3.63, 3.8) is 0 Å². The lowest BCUT2D eigenvalue weighted by molar-refractivity contribution is 0.0989. The number of rotatable bonds is 6. The van der Waals surface area contributed by atoms with Crippen molar-refractivity contribution >= 4 is 22.5 Å². The van der Waals surface area contributed by atoms with Crippen LogP contribution < -0.4 is 5.56 Å². The van der Waals surface area contributed by atoms with Crippen LogP contribution in [0, 0.1) is 13.8 Å². The summed E-state index contributed by atoms with van der Waals surface area (Å²) in [6, 6.07) is 14.3. The summed E-state index contributed by atoms with van der Waals surface area (Å²) < 4.78 is 2.00. The molecule has 2 fully saturated rings. The highest BCUT2D eigenvalue weighted by molar-refractivity contribution is 6.31. The smallest absolute Gasteiger partial charge is 0.253 e. The Kier molecular flexibility index (Phi) is 7.03. The highest BCUT2D eigenvalue weighted by atomic mass is 35.5. The molecule has 1 atom stereocenters. The number of hydrogen-bond donors (Lipinski definition) is 1. The van der Waals surface area contributed by atoms with Crippen LogP contribution in [0.4, 0.5) is 0 Å². The van der Waals surface area contributed by atoms with Crippen molar-refractivity contribution in [2.45, 2.75) is 58.2 Å². The fourth-order valence-electron chi connectivity index (χ4n) is 6.24. The zero-order valence-corrected chi connectivity index (χ0v) is 22.8. The topological polar surface area (TPSA) is 82.9 Å². The van der Waals surface area contributed by atoms with Crippen LogP contribution in [-0.2, 0) is 6.54 Å². The Labute approximate surface area is 227 Å². The van der Waals surface area contributed by atoms with Gasteiger partial charge in [-0.15, -0.1) is 5.10 Å². The van der Waals surface area contributed by atoms with Crippen molar-refractivity contribution in [3.05, 3.63) is 85.9 Å². The van der Waals surface area contributed by atoms with Crippen LogP contribution in [0.2, 0.25) is 5.02 Å². The van der Waals surface area contributed by atoms with E-state index in [1.165, 1.54) is 18.4 Å². The molecule has 0 spiro atoms. The number of nitrogens with one attached hydrogen (secondary N) is 1. The third-order valence-corrected chi connectivity index (χ3v) is 8.54. The van der Waals surface area contributed by atoms with E-state index in [0.717, 1.165) is 78.4 Å². The van der Waals surface area contributed by atoms with E-state index in [2.05, 4.69) is 61.5 Å². The van der Waals surface area contributed by atoms with Gasteiger partial charge in [0.25, 0.3) is 5.56 Å². The molecule has 0 bridgehead atoms. The minimum atomic E-state index is -0.318. The summed E-state index contributed by atoms with van der Waals surface area (Å²) in [4.78, 5) is 21.6. The van der Waals surface area contributed by atoms with Crippen LogP contribution in [0.1, 0.15) is 65.8 Å². The van der Waals surface area contributed by atoms with Gasteiger partial charge in [-0.3, -0.25) is 14.6 Å². The van der Waals surface area contributed by atoms with E-state index in [1.807, 2.05) is 29.8 Å². The maximum absolute atomic E-state index is 13.6. The van der Waals surface area contributed by atoms with Crippen LogP contribution in [0.5, 0.6) is 0 Å². The molecule has 198 valence electrons. The standard InChI is InChI=1S/C29H34ClN7O/c1-19-15-20(2)26-22(16-19)17-24(29(38)31-26)27(28-32-33-34-37(28)23-8-4-5-9-23)36-13-11-35(12-14-36)18-21-7-3-6-10-25(21)30/h3,6-7,10,15-17,23,27H,4-5,8-9,11-14,18H2,1-2H3,(H,31,38). The molecule has 1 aliphatic carbocycles. The van der Waals surface area contributed by atoms with Gasteiger partial charge in [0.1, 0.15) is 6.04 Å². The van der Waals surface area contributed by atoms with Gasteiger partial charge in [-0.05, 0) is 71.8 Å². The summed E-state index contributed by atoms with van der Waals surface area (Å²) >= 11 is 6.44. The number of benzene rings is 2. The molecule has 0 amide bonds. The second kappa shape index (κ2) is 10.6. The van der Waals surface area contributed by atoms with E-state index in [1.54, 1.807) is 0 Å². The first kappa shape index (κ1) is 25.2. The maximum Gasteiger partial charge on any atom is 0.253 e. The molecule has 1 N–H and O–H groups in total. The molecule has 1 unspecified atom stereocenters. The van der Waals surface area contributed by atoms with E-state index >= 15 is 0 Å². The second-order valence-electron chi connectivity index (χ2n) is 10.8. The van der Waals surface area contributed by atoms with Gasteiger partial charge in [-0.1, -0.05) is 54.3 Å². The summed E-state index contributed by atoms with van der Waals surface area (Å²) in [5.41, 5.74) is 4.91. The van der Waals surface area contributed by atoms with Gasteiger partial charge in [0.05, 0.1) is 11.6 Å². The number of piperazine rings is 1. The average Bonchev–Trinajstić information content (AvgIpc) is 3.60. The number of aromatic amines is 1. The van der Waals surface area contributed by atoms with Crippen molar-refractivity contribution in [3.8, 4) is 0 Å². The molecule has 1 saturated heterocycles. The highest BCUT2D eigenvalue weighted by Gasteiger charge is 2.34. The Morgan fingerprint density at radius 3 is 2.58 bits per heavy atom. The first-order valence-electron chi connectivity index (χ1n) is 13.6. The van der Waals surface area contributed by atoms with Gasteiger partial charge in [-0.25, -0.2) is 4.68 Å². The third-order valence-electron chi connectivity index (χ3n) is 8.17. The molecule has 3 heterocycles. The minimum absolute atomic E-state index is 0.0751. The summed E-state index contributed by atoms with van der Waals surface area (Å²) in [6.07, 6.45) is 4.51. The summed E-state index contributed by atoms with van der Waals surface area (Å²) in [5.74, 6) is 0.769. The number of aryl methyl sites for hydroxylation is 2. The van der Waals surface area contributed by atoms with Crippen molar-refractivity contribution in [2.75, 3.05) is 26.2 Å². The summed E-state index contributed by atoms with van der Waals surface area (Å²) in [6.45, 7) is 8.29. The van der Waals surface area contributed by atoms with E-state index in [0.29, 0.717) is 5.56 Å². The van der Waals surface area contributed by atoms with Crippen molar-refractivity contribution in [1.82, 2.24) is 35.0 Å². The van der Waals surface area contributed by atoms with Crippen molar-refractivity contribution in [1.29, 1.82) is 0 Å². The largest absolute Gasteiger partial charge is 0.321 e. The van der Waals surface area contributed by atoms with Crippen molar-refractivity contribution < 1.29 is 0 Å². The van der Waals surface area contributed by atoms with Crippen LogP contribution in [0.25, 0.3) is 10.9 Å². The molecule has 38 heavy (non-hydrogen) atoms. The van der Waals surface area contributed by atoms with Gasteiger partial charge in [0.2, 0.25) is 0 Å². The molecule has 0 radical (unpaired) electrons. The Morgan fingerprint density at radius 2 is 1.82 bits per heavy atom. The van der Waals surface area contributed by atoms with E-state index in [4.69, 9.17) is 11.6 Å². The van der Waals surface area contributed by atoms with Crippen LogP contribution in [0.3, 0.4) is 0 Å². The number of aromatic nitrogens is 5. The van der Waals surface area contributed by atoms with Crippen LogP contribution in [0.15, 0.2) is 47.3 Å². The Hall–Kier alpha value is -3.07. The number of fused-ring (bicyclic) bond motifs is 1. The van der Waals surface area contributed by atoms with E-state index in [-0.39, 0.29) is 17.6 Å².